The highest BCUT2D eigenvalue weighted by Crippen LogP contribution is 2.45. The van der Waals surface area contributed by atoms with Crippen LogP contribution >= 0.6 is 0 Å². The van der Waals surface area contributed by atoms with Crippen molar-refractivity contribution in [3.8, 4) is 5.75 Å². The van der Waals surface area contributed by atoms with E-state index < -0.39 is 5.97 Å². The minimum atomic E-state index is -0.711. The first-order valence-corrected chi connectivity index (χ1v) is 5.98. The summed E-state index contributed by atoms with van der Waals surface area (Å²) >= 11 is 0. The molecule has 1 aliphatic carbocycles. The van der Waals surface area contributed by atoms with Gasteiger partial charge in [-0.2, -0.15) is 0 Å². The van der Waals surface area contributed by atoms with Gasteiger partial charge in [-0.15, -0.1) is 0 Å². The molecule has 0 spiro atoms. The molecule has 92 valence electrons. The van der Waals surface area contributed by atoms with E-state index in [-0.39, 0.29) is 12.3 Å². The van der Waals surface area contributed by atoms with Crippen LogP contribution in [0.4, 0.5) is 0 Å². The topological polar surface area (TPSA) is 46.5 Å². The summed E-state index contributed by atoms with van der Waals surface area (Å²) in [4.78, 5) is 10.9. The normalized spacial score (nSPS) is 16.6. The van der Waals surface area contributed by atoms with Gasteiger partial charge in [-0.3, -0.25) is 4.79 Å². The van der Waals surface area contributed by atoms with Crippen molar-refractivity contribution < 1.29 is 14.6 Å². The third kappa shape index (κ3) is 2.78. The predicted molar refractivity (Wildman–Crippen MR) is 65.4 cm³/mol. The fourth-order valence-corrected chi connectivity index (χ4v) is 2.41. The Hall–Kier alpha value is -1.51. The minimum absolute atomic E-state index is 0.165. The van der Waals surface area contributed by atoms with Crippen LogP contribution in [0.3, 0.4) is 0 Å². The average Bonchev–Trinajstić information content (AvgIpc) is 3.09. The number of hydrogen-bond acceptors (Lipinski definition) is 2. The van der Waals surface area contributed by atoms with E-state index in [1.54, 1.807) is 7.11 Å². The standard InChI is InChI=1S/C14H18O3/c1-9-7-11(17-2)5-6-12(9)13(8-14(15)16)10-3-4-10/h5-7,10,13H,3-4,8H2,1-2H3,(H,15,16). The molecule has 17 heavy (non-hydrogen) atoms. The van der Waals surface area contributed by atoms with Crippen molar-refractivity contribution in [3.05, 3.63) is 29.3 Å². The Bertz CT molecular complexity index is 421. The monoisotopic (exact) mass is 234 g/mol. The van der Waals surface area contributed by atoms with Crippen molar-refractivity contribution in [1.29, 1.82) is 0 Å². The number of aryl methyl sites for hydroxylation is 1. The molecular weight excluding hydrogens is 216 g/mol. The number of methoxy groups -OCH3 is 1. The summed E-state index contributed by atoms with van der Waals surface area (Å²) < 4.78 is 5.17. The molecule has 1 aromatic rings. The molecule has 0 heterocycles. The number of carbonyl (C=O) groups is 1. The third-order valence-electron chi connectivity index (χ3n) is 3.46. The first kappa shape index (κ1) is 12.0. The molecule has 0 bridgehead atoms. The van der Waals surface area contributed by atoms with Gasteiger partial charge in [0.05, 0.1) is 13.5 Å². The second kappa shape index (κ2) is 4.78. The molecule has 0 aliphatic heterocycles. The predicted octanol–water partition coefficient (Wildman–Crippen LogP) is 2.97. The van der Waals surface area contributed by atoms with Crippen molar-refractivity contribution in [1.82, 2.24) is 0 Å². The van der Waals surface area contributed by atoms with Crippen molar-refractivity contribution in [2.45, 2.75) is 32.1 Å². The Morgan fingerprint density at radius 3 is 2.71 bits per heavy atom. The van der Waals surface area contributed by atoms with Crippen LogP contribution in [-0.2, 0) is 4.79 Å². The van der Waals surface area contributed by atoms with Gasteiger partial charge in [-0.05, 0) is 54.9 Å². The van der Waals surface area contributed by atoms with E-state index in [1.807, 2.05) is 25.1 Å². The number of carboxylic acids is 1. The summed E-state index contributed by atoms with van der Waals surface area (Å²) in [5.74, 6) is 0.838. The highest BCUT2D eigenvalue weighted by atomic mass is 16.5. The summed E-state index contributed by atoms with van der Waals surface area (Å²) in [5.41, 5.74) is 2.29. The highest BCUT2D eigenvalue weighted by molar-refractivity contribution is 5.68. The van der Waals surface area contributed by atoms with Crippen molar-refractivity contribution in [2.24, 2.45) is 5.92 Å². The lowest BCUT2D eigenvalue weighted by molar-refractivity contribution is -0.137. The van der Waals surface area contributed by atoms with Gasteiger partial charge >= 0.3 is 5.97 Å². The van der Waals surface area contributed by atoms with Crippen LogP contribution in [0.5, 0.6) is 5.75 Å². The van der Waals surface area contributed by atoms with Gasteiger partial charge in [0.2, 0.25) is 0 Å². The van der Waals surface area contributed by atoms with Gasteiger partial charge in [-0.25, -0.2) is 0 Å². The van der Waals surface area contributed by atoms with Gasteiger partial charge < -0.3 is 9.84 Å². The zero-order valence-corrected chi connectivity index (χ0v) is 10.3. The molecule has 0 saturated heterocycles. The van der Waals surface area contributed by atoms with E-state index in [0.29, 0.717) is 5.92 Å². The van der Waals surface area contributed by atoms with Crippen LogP contribution in [0.15, 0.2) is 18.2 Å². The summed E-state index contributed by atoms with van der Waals surface area (Å²) in [7, 11) is 1.64. The Balaban J connectivity index is 2.25. The number of aliphatic carboxylic acids is 1. The van der Waals surface area contributed by atoms with Crippen LogP contribution in [-0.4, -0.2) is 18.2 Å². The van der Waals surface area contributed by atoms with Crippen molar-refractivity contribution in [3.63, 3.8) is 0 Å². The quantitative estimate of drug-likeness (QED) is 0.852. The van der Waals surface area contributed by atoms with E-state index in [1.165, 1.54) is 0 Å². The zero-order chi connectivity index (χ0) is 12.4. The van der Waals surface area contributed by atoms with Crippen LogP contribution in [0.1, 0.15) is 36.3 Å². The van der Waals surface area contributed by atoms with Crippen molar-refractivity contribution in [2.75, 3.05) is 7.11 Å². The molecule has 1 unspecified atom stereocenters. The van der Waals surface area contributed by atoms with Crippen LogP contribution in [0.2, 0.25) is 0 Å². The molecule has 1 N–H and O–H groups in total. The summed E-state index contributed by atoms with van der Waals surface area (Å²) in [6.07, 6.45) is 2.55. The molecule has 0 amide bonds. The van der Waals surface area contributed by atoms with Gasteiger partial charge in [-0.1, -0.05) is 6.07 Å². The van der Waals surface area contributed by atoms with Crippen molar-refractivity contribution >= 4 is 5.97 Å². The summed E-state index contributed by atoms with van der Waals surface area (Å²) in [6.45, 7) is 2.02. The molecule has 3 nitrogen and oxygen atoms in total. The lowest BCUT2D eigenvalue weighted by Gasteiger charge is -2.17. The first-order chi connectivity index (χ1) is 8.11. The molecular formula is C14H18O3. The SMILES string of the molecule is COc1ccc(C(CC(=O)O)C2CC2)c(C)c1. The summed E-state index contributed by atoms with van der Waals surface area (Å²) in [6, 6.07) is 5.91. The molecule has 3 heteroatoms. The molecule has 2 rings (SSSR count). The maximum Gasteiger partial charge on any atom is 0.303 e. The molecule has 1 fully saturated rings. The van der Waals surface area contributed by atoms with Gasteiger partial charge in [0.15, 0.2) is 0 Å². The van der Waals surface area contributed by atoms with Crippen LogP contribution in [0, 0.1) is 12.8 Å². The van der Waals surface area contributed by atoms with E-state index in [9.17, 15) is 4.79 Å². The third-order valence-corrected chi connectivity index (χ3v) is 3.46. The van der Waals surface area contributed by atoms with E-state index in [4.69, 9.17) is 9.84 Å². The summed E-state index contributed by atoms with van der Waals surface area (Å²) in [5, 5.41) is 8.99. The lowest BCUT2D eigenvalue weighted by Crippen LogP contribution is -2.09. The minimum Gasteiger partial charge on any atom is -0.497 e. The smallest absolute Gasteiger partial charge is 0.303 e. The molecule has 1 aliphatic rings. The van der Waals surface area contributed by atoms with E-state index >= 15 is 0 Å². The average molecular weight is 234 g/mol. The Morgan fingerprint density at radius 2 is 2.24 bits per heavy atom. The maximum atomic E-state index is 10.9. The largest absolute Gasteiger partial charge is 0.497 e. The Morgan fingerprint density at radius 1 is 1.53 bits per heavy atom. The number of carboxylic acid groups (broad SMARTS) is 1. The molecule has 1 saturated carbocycles. The van der Waals surface area contributed by atoms with Crippen LogP contribution < -0.4 is 4.74 Å². The second-order valence-corrected chi connectivity index (χ2v) is 4.76. The maximum absolute atomic E-state index is 10.9. The number of ether oxygens (including phenoxy) is 1. The second-order valence-electron chi connectivity index (χ2n) is 4.76. The van der Waals surface area contributed by atoms with E-state index in [2.05, 4.69) is 0 Å². The molecule has 1 aromatic carbocycles. The van der Waals surface area contributed by atoms with Gasteiger partial charge in [0, 0.05) is 0 Å². The Kier molecular flexibility index (Phi) is 3.36. The Labute approximate surface area is 101 Å². The number of benzene rings is 1. The zero-order valence-electron chi connectivity index (χ0n) is 10.3. The first-order valence-electron chi connectivity index (χ1n) is 5.98. The fraction of sp³-hybridized carbons (Fsp3) is 0.500. The molecule has 0 radical (unpaired) electrons. The number of hydrogen-bond donors (Lipinski definition) is 1. The number of rotatable bonds is 5. The molecule has 0 aromatic heterocycles. The highest BCUT2D eigenvalue weighted by Gasteiger charge is 2.34. The van der Waals surface area contributed by atoms with E-state index in [0.717, 1.165) is 29.7 Å². The van der Waals surface area contributed by atoms with Gasteiger partial charge in [0.25, 0.3) is 0 Å². The van der Waals surface area contributed by atoms with Crippen LogP contribution in [0.25, 0.3) is 0 Å². The molecule has 1 atom stereocenters. The fourth-order valence-electron chi connectivity index (χ4n) is 2.41. The van der Waals surface area contributed by atoms with Gasteiger partial charge in [0.1, 0.15) is 5.75 Å². The lowest BCUT2D eigenvalue weighted by atomic mass is 9.88.